The fourth-order valence-electron chi connectivity index (χ4n) is 2.12. The van der Waals surface area contributed by atoms with Crippen LogP contribution < -0.4 is 5.73 Å². The van der Waals surface area contributed by atoms with Gasteiger partial charge in [-0.2, -0.15) is 0 Å². The van der Waals surface area contributed by atoms with Crippen LogP contribution in [0.2, 0.25) is 0 Å². The minimum Gasteiger partial charge on any atom is -0.450 e. The molecule has 3 N–H and O–H groups in total. The van der Waals surface area contributed by atoms with Crippen LogP contribution in [0.15, 0.2) is 5.16 Å². The summed E-state index contributed by atoms with van der Waals surface area (Å²) in [5.41, 5.74) is 5.52. The van der Waals surface area contributed by atoms with Gasteiger partial charge >= 0.3 is 6.09 Å². The number of nitrogens with two attached hydrogens (primary N) is 1. The van der Waals surface area contributed by atoms with Gasteiger partial charge in [0.25, 0.3) is 0 Å². The van der Waals surface area contributed by atoms with Crippen LogP contribution in [0.1, 0.15) is 20.3 Å². The van der Waals surface area contributed by atoms with Crippen LogP contribution in [0, 0.1) is 5.92 Å². The maximum absolute atomic E-state index is 12.3. The van der Waals surface area contributed by atoms with Crippen LogP contribution in [0.4, 0.5) is 4.79 Å². The van der Waals surface area contributed by atoms with Crippen LogP contribution in [-0.2, 0) is 9.53 Å². The van der Waals surface area contributed by atoms with E-state index in [-0.39, 0.29) is 17.8 Å². The predicted molar refractivity (Wildman–Crippen MR) is 72.4 cm³/mol. The van der Waals surface area contributed by atoms with E-state index in [0.717, 1.165) is 0 Å². The summed E-state index contributed by atoms with van der Waals surface area (Å²) >= 11 is 0. The van der Waals surface area contributed by atoms with Gasteiger partial charge in [0.15, 0.2) is 5.84 Å². The number of rotatable bonds is 4. The topological polar surface area (TPSA) is 108 Å². The Bertz CT molecular complexity index is 378. The Morgan fingerprint density at radius 2 is 1.80 bits per heavy atom. The molecule has 1 fully saturated rings. The molecule has 114 valence electrons. The van der Waals surface area contributed by atoms with Gasteiger partial charge < -0.3 is 25.5 Å². The highest BCUT2D eigenvalue weighted by Gasteiger charge is 2.30. The number of carbonyl (C=O) groups excluding carboxylic acids is 2. The first-order chi connectivity index (χ1) is 9.54. The average Bonchev–Trinajstić information content (AvgIpc) is 2.48. The van der Waals surface area contributed by atoms with Crippen molar-refractivity contribution < 1.29 is 19.5 Å². The molecule has 0 saturated carbocycles. The van der Waals surface area contributed by atoms with Crippen LogP contribution >= 0.6 is 0 Å². The molecule has 2 amide bonds. The van der Waals surface area contributed by atoms with Gasteiger partial charge in [0.05, 0.1) is 12.5 Å². The molecule has 0 bridgehead atoms. The van der Waals surface area contributed by atoms with Gasteiger partial charge in [-0.25, -0.2) is 4.79 Å². The van der Waals surface area contributed by atoms with E-state index >= 15 is 0 Å². The second-order valence-corrected chi connectivity index (χ2v) is 4.50. The summed E-state index contributed by atoms with van der Waals surface area (Å²) < 4.78 is 4.91. The summed E-state index contributed by atoms with van der Waals surface area (Å²) in [7, 11) is 0. The molecule has 1 heterocycles. The number of hydrogen-bond acceptors (Lipinski definition) is 5. The Morgan fingerprint density at radius 3 is 2.25 bits per heavy atom. The molecule has 0 aliphatic carbocycles. The number of amides is 2. The summed E-state index contributed by atoms with van der Waals surface area (Å²) in [4.78, 5) is 27.0. The van der Waals surface area contributed by atoms with Crippen LogP contribution in [0.5, 0.6) is 0 Å². The minimum atomic E-state index is -0.617. The lowest BCUT2D eigenvalue weighted by Gasteiger charge is -2.35. The number of oxime groups is 1. The zero-order valence-electron chi connectivity index (χ0n) is 11.9. The molecule has 1 atom stereocenters. The Labute approximate surface area is 118 Å². The first kappa shape index (κ1) is 16.1. The third kappa shape index (κ3) is 3.75. The fraction of sp³-hybridized carbons (Fsp3) is 0.750. The normalized spacial score (nSPS) is 17.8. The Kier molecular flexibility index (Phi) is 6.08. The van der Waals surface area contributed by atoms with E-state index in [4.69, 9.17) is 15.7 Å². The van der Waals surface area contributed by atoms with E-state index in [1.165, 1.54) is 0 Å². The predicted octanol–water partition coefficient (Wildman–Crippen LogP) is 0.0597. The Hall–Kier alpha value is -1.99. The van der Waals surface area contributed by atoms with Gasteiger partial charge in [0.2, 0.25) is 5.91 Å². The standard InChI is InChI=1S/C12H22N4O4/c1-3-9(10(13)14-19)11(17)15-5-7-16(8-6-15)12(18)20-4-2/h9,19H,3-8H2,1-2H3,(H2,13,14). The van der Waals surface area contributed by atoms with Crippen molar-refractivity contribution in [1.82, 2.24) is 9.80 Å². The number of piperazine rings is 1. The second kappa shape index (κ2) is 7.56. The van der Waals surface area contributed by atoms with E-state index < -0.39 is 5.92 Å². The van der Waals surface area contributed by atoms with Crippen molar-refractivity contribution in [2.24, 2.45) is 16.8 Å². The van der Waals surface area contributed by atoms with Crippen LogP contribution in [-0.4, -0.2) is 65.6 Å². The largest absolute Gasteiger partial charge is 0.450 e. The number of ether oxygens (including phenoxy) is 1. The Morgan fingerprint density at radius 1 is 1.25 bits per heavy atom. The monoisotopic (exact) mass is 286 g/mol. The molecule has 8 nitrogen and oxygen atoms in total. The summed E-state index contributed by atoms with van der Waals surface area (Å²) in [5.74, 6) is -0.870. The molecule has 20 heavy (non-hydrogen) atoms. The molecule has 0 radical (unpaired) electrons. The van der Waals surface area contributed by atoms with Crippen molar-refractivity contribution in [2.45, 2.75) is 20.3 Å². The van der Waals surface area contributed by atoms with E-state index in [9.17, 15) is 9.59 Å². The highest BCUT2D eigenvalue weighted by atomic mass is 16.6. The van der Waals surface area contributed by atoms with Crippen molar-refractivity contribution in [2.75, 3.05) is 32.8 Å². The molecule has 1 aliphatic heterocycles. The third-order valence-electron chi connectivity index (χ3n) is 3.30. The minimum absolute atomic E-state index is 0.0784. The van der Waals surface area contributed by atoms with E-state index in [2.05, 4.69) is 5.16 Å². The highest BCUT2D eigenvalue weighted by molar-refractivity contribution is 6.02. The molecule has 1 rings (SSSR count). The van der Waals surface area contributed by atoms with Crippen LogP contribution in [0.25, 0.3) is 0 Å². The van der Waals surface area contributed by atoms with Crippen molar-refractivity contribution >= 4 is 17.8 Å². The fourth-order valence-corrected chi connectivity index (χ4v) is 2.12. The molecule has 1 saturated heterocycles. The van der Waals surface area contributed by atoms with Gasteiger partial charge in [0, 0.05) is 26.2 Å². The van der Waals surface area contributed by atoms with Gasteiger partial charge in [-0.05, 0) is 13.3 Å². The molecule has 1 aliphatic rings. The zero-order valence-corrected chi connectivity index (χ0v) is 11.9. The zero-order chi connectivity index (χ0) is 15.1. The third-order valence-corrected chi connectivity index (χ3v) is 3.30. The lowest BCUT2D eigenvalue weighted by atomic mass is 10.0. The van der Waals surface area contributed by atoms with Crippen molar-refractivity contribution in [3.8, 4) is 0 Å². The van der Waals surface area contributed by atoms with E-state index in [0.29, 0.717) is 39.2 Å². The molecule has 0 spiro atoms. The van der Waals surface area contributed by atoms with Gasteiger partial charge in [-0.15, -0.1) is 0 Å². The van der Waals surface area contributed by atoms with Crippen molar-refractivity contribution in [3.63, 3.8) is 0 Å². The first-order valence-electron chi connectivity index (χ1n) is 6.73. The lowest BCUT2D eigenvalue weighted by Crippen LogP contribution is -2.53. The average molecular weight is 286 g/mol. The molecule has 8 heteroatoms. The summed E-state index contributed by atoms with van der Waals surface area (Å²) in [5, 5.41) is 11.6. The molecule has 0 aromatic carbocycles. The maximum Gasteiger partial charge on any atom is 0.409 e. The molecular weight excluding hydrogens is 264 g/mol. The van der Waals surface area contributed by atoms with Crippen molar-refractivity contribution in [3.05, 3.63) is 0 Å². The Balaban J connectivity index is 2.56. The molecular formula is C12H22N4O4. The number of hydrogen-bond donors (Lipinski definition) is 2. The van der Waals surface area contributed by atoms with Gasteiger partial charge in [-0.3, -0.25) is 4.79 Å². The van der Waals surface area contributed by atoms with E-state index in [1.54, 1.807) is 23.6 Å². The number of carbonyl (C=O) groups is 2. The van der Waals surface area contributed by atoms with Crippen LogP contribution in [0.3, 0.4) is 0 Å². The summed E-state index contributed by atoms with van der Waals surface area (Å²) in [6.07, 6.45) is 0.107. The molecule has 0 aromatic heterocycles. The molecule has 0 aromatic rings. The van der Waals surface area contributed by atoms with Gasteiger partial charge in [-0.1, -0.05) is 12.1 Å². The summed E-state index contributed by atoms with van der Waals surface area (Å²) in [6.45, 7) is 5.59. The smallest absolute Gasteiger partial charge is 0.409 e. The quantitative estimate of drug-likeness (QED) is 0.329. The SMILES string of the molecule is CCOC(=O)N1CCN(C(=O)C(CC)C(N)=NO)CC1. The lowest BCUT2D eigenvalue weighted by molar-refractivity contribution is -0.135. The molecule has 1 unspecified atom stereocenters. The van der Waals surface area contributed by atoms with E-state index in [1.807, 2.05) is 0 Å². The number of nitrogens with zero attached hydrogens (tertiary/aromatic N) is 3. The highest BCUT2D eigenvalue weighted by Crippen LogP contribution is 2.12. The van der Waals surface area contributed by atoms with Crippen molar-refractivity contribution in [1.29, 1.82) is 0 Å². The number of amidine groups is 1. The second-order valence-electron chi connectivity index (χ2n) is 4.50. The van der Waals surface area contributed by atoms with Gasteiger partial charge in [0.1, 0.15) is 0 Å². The maximum atomic E-state index is 12.3. The summed E-state index contributed by atoms with van der Waals surface area (Å²) in [6, 6.07) is 0. The first-order valence-corrected chi connectivity index (χ1v) is 6.73.